The molecular formula is C8H15N5S. The lowest BCUT2D eigenvalue weighted by atomic mass is 10.5. The number of aromatic nitrogens is 2. The molecule has 6 heteroatoms. The zero-order valence-corrected chi connectivity index (χ0v) is 9.21. The van der Waals surface area contributed by atoms with Crippen molar-refractivity contribution in [3.05, 3.63) is 12.3 Å². The molecule has 0 fully saturated rings. The molecule has 5 nitrogen and oxygen atoms in total. The van der Waals surface area contributed by atoms with Crippen LogP contribution in [0.5, 0.6) is 0 Å². The highest BCUT2D eigenvalue weighted by molar-refractivity contribution is 7.98. The summed E-state index contributed by atoms with van der Waals surface area (Å²) >= 11 is 1.81. The van der Waals surface area contributed by atoms with E-state index in [4.69, 9.17) is 5.84 Å². The fourth-order valence-electron chi connectivity index (χ4n) is 0.974. The Bertz CT molecular complexity index is 280. The highest BCUT2D eigenvalue weighted by atomic mass is 32.2. The summed E-state index contributed by atoms with van der Waals surface area (Å²) in [6, 6.07) is 1.86. The van der Waals surface area contributed by atoms with Crippen LogP contribution in [-0.2, 0) is 0 Å². The molecule has 0 unspecified atom stereocenters. The molecule has 1 rings (SSSR count). The highest BCUT2D eigenvalue weighted by Crippen LogP contribution is 2.09. The van der Waals surface area contributed by atoms with E-state index in [1.807, 2.05) is 24.9 Å². The number of nitrogens with two attached hydrogens (primary N) is 1. The molecule has 0 aliphatic rings. The van der Waals surface area contributed by atoms with Crippen LogP contribution in [0.4, 0.5) is 11.8 Å². The topological polar surface area (TPSA) is 67.1 Å². The van der Waals surface area contributed by atoms with Crippen LogP contribution >= 0.6 is 11.8 Å². The van der Waals surface area contributed by atoms with E-state index < -0.39 is 0 Å². The molecule has 0 radical (unpaired) electrons. The maximum absolute atomic E-state index is 5.22. The van der Waals surface area contributed by atoms with Gasteiger partial charge in [0.15, 0.2) is 0 Å². The molecule has 3 N–H and O–H groups in total. The molecule has 1 aromatic rings. The van der Waals surface area contributed by atoms with Crippen molar-refractivity contribution in [2.45, 2.75) is 0 Å². The van der Waals surface area contributed by atoms with Gasteiger partial charge in [0.05, 0.1) is 0 Å². The van der Waals surface area contributed by atoms with Crippen LogP contribution in [0, 0.1) is 0 Å². The van der Waals surface area contributed by atoms with Crippen LogP contribution < -0.4 is 16.2 Å². The lowest BCUT2D eigenvalue weighted by molar-refractivity contribution is 0.935. The van der Waals surface area contributed by atoms with Gasteiger partial charge in [-0.1, -0.05) is 0 Å². The standard InChI is InChI=1S/C8H15N5S/c1-13(5-6-14-2)7-3-4-10-8(11-7)12-9/h3-4H,5-6,9H2,1-2H3,(H,10,11,12). The molecule has 0 aliphatic carbocycles. The van der Waals surface area contributed by atoms with Gasteiger partial charge < -0.3 is 4.90 Å². The summed E-state index contributed by atoms with van der Waals surface area (Å²) in [6.45, 7) is 0.961. The molecular weight excluding hydrogens is 198 g/mol. The van der Waals surface area contributed by atoms with Crippen LogP contribution in [0.2, 0.25) is 0 Å². The summed E-state index contributed by atoms with van der Waals surface area (Å²) in [5.74, 6) is 7.62. The summed E-state index contributed by atoms with van der Waals surface area (Å²) in [7, 11) is 2.00. The van der Waals surface area contributed by atoms with E-state index in [1.165, 1.54) is 0 Å². The third-order valence-corrected chi connectivity index (χ3v) is 2.38. The first kappa shape index (κ1) is 11.1. The van der Waals surface area contributed by atoms with Gasteiger partial charge in [0.2, 0.25) is 5.95 Å². The summed E-state index contributed by atoms with van der Waals surface area (Å²) in [5, 5.41) is 0. The maximum atomic E-state index is 5.22. The molecule has 1 heterocycles. The van der Waals surface area contributed by atoms with E-state index in [9.17, 15) is 0 Å². The molecule has 0 atom stereocenters. The quantitative estimate of drug-likeness (QED) is 0.550. The number of nitrogens with one attached hydrogen (secondary N) is 1. The van der Waals surface area contributed by atoms with E-state index in [0.29, 0.717) is 5.95 Å². The Morgan fingerprint density at radius 3 is 3.07 bits per heavy atom. The number of rotatable bonds is 5. The number of hydrogen-bond donors (Lipinski definition) is 2. The second-order valence-corrected chi connectivity index (χ2v) is 3.78. The van der Waals surface area contributed by atoms with Crippen molar-refractivity contribution in [2.75, 3.05) is 35.9 Å². The summed E-state index contributed by atoms with van der Waals surface area (Å²) in [5.41, 5.74) is 2.42. The summed E-state index contributed by atoms with van der Waals surface area (Å²) in [4.78, 5) is 10.2. The number of hydrogen-bond acceptors (Lipinski definition) is 6. The van der Waals surface area contributed by atoms with Crippen LogP contribution in [0.25, 0.3) is 0 Å². The molecule has 0 bridgehead atoms. The third kappa shape index (κ3) is 3.04. The summed E-state index contributed by atoms with van der Waals surface area (Å²) < 4.78 is 0. The van der Waals surface area contributed by atoms with Crippen LogP contribution in [0.1, 0.15) is 0 Å². The molecule has 0 spiro atoms. The minimum Gasteiger partial charge on any atom is -0.359 e. The zero-order valence-electron chi connectivity index (χ0n) is 8.40. The molecule has 1 aromatic heterocycles. The minimum atomic E-state index is 0.443. The predicted octanol–water partition coefficient (Wildman–Crippen LogP) is 0.561. The first-order valence-electron chi connectivity index (χ1n) is 4.27. The Kier molecular flexibility index (Phi) is 4.48. The summed E-state index contributed by atoms with van der Waals surface area (Å²) in [6.07, 6.45) is 3.77. The second-order valence-electron chi connectivity index (χ2n) is 2.80. The zero-order chi connectivity index (χ0) is 10.4. The highest BCUT2D eigenvalue weighted by Gasteiger charge is 2.02. The smallest absolute Gasteiger partial charge is 0.239 e. The van der Waals surface area contributed by atoms with Crippen molar-refractivity contribution in [3.8, 4) is 0 Å². The van der Waals surface area contributed by atoms with Crippen molar-refractivity contribution in [3.63, 3.8) is 0 Å². The van der Waals surface area contributed by atoms with Crippen molar-refractivity contribution in [1.29, 1.82) is 0 Å². The van der Waals surface area contributed by atoms with Gasteiger partial charge in [-0.05, 0) is 12.3 Å². The normalized spacial score (nSPS) is 9.93. The second kappa shape index (κ2) is 5.66. The Balaban J connectivity index is 2.64. The molecule has 0 aromatic carbocycles. The Labute approximate surface area is 88.1 Å². The van der Waals surface area contributed by atoms with Gasteiger partial charge >= 0.3 is 0 Å². The number of thioether (sulfide) groups is 1. The fourth-order valence-corrected chi connectivity index (χ4v) is 1.43. The predicted molar refractivity (Wildman–Crippen MR) is 61.5 cm³/mol. The van der Waals surface area contributed by atoms with Gasteiger partial charge in [-0.3, -0.25) is 5.43 Å². The third-order valence-electron chi connectivity index (χ3n) is 1.79. The SMILES string of the molecule is CSCCN(C)c1ccnc(NN)n1. The molecule has 0 aliphatic heterocycles. The molecule has 0 saturated heterocycles. The van der Waals surface area contributed by atoms with Crippen molar-refractivity contribution in [2.24, 2.45) is 5.84 Å². The van der Waals surface area contributed by atoms with Gasteiger partial charge in [-0.2, -0.15) is 16.7 Å². The lowest BCUT2D eigenvalue weighted by Gasteiger charge is -2.17. The maximum Gasteiger partial charge on any atom is 0.239 e. The molecule has 78 valence electrons. The van der Waals surface area contributed by atoms with Gasteiger partial charge in [0, 0.05) is 25.5 Å². The fraction of sp³-hybridized carbons (Fsp3) is 0.500. The number of nitrogen functional groups attached to an aromatic ring is 1. The van der Waals surface area contributed by atoms with Crippen LogP contribution in [-0.4, -0.2) is 35.6 Å². The first-order chi connectivity index (χ1) is 6.77. The van der Waals surface area contributed by atoms with Gasteiger partial charge in [0.1, 0.15) is 5.82 Å². The average molecular weight is 213 g/mol. The van der Waals surface area contributed by atoms with Crippen molar-refractivity contribution < 1.29 is 0 Å². The Morgan fingerprint density at radius 2 is 2.43 bits per heavy atom. The van der Waals surface area contributed by atoms with Crippen molar-refractivity contribution in [1.82, 2.24) is 9.97 Å². The van der Waals surface area contributed by atoms with Gasteiger partial charge in [-0.15, -0.1) is 0 Å². The average Bonchev–Trinajstić information content (AvgIpc) is 2.26. The molecule has 14 heavy (non-hydrogen) atoms. The Hall–Kier alpha value is -1.01. The lowest BCUT2D eigenvalue weighted by Crippen LogP contribution is -2.22. The molecule has 0 saturated carbocycles. The van der Waals surface area contributed by atoms with Gasteiger partial charge in [0.25, 0.3) is 0 Å². The largest absolute Gasteiger partial charge is 0.359 e. The van der Waals surface area contributed by atoms with E-state index >= 15 is 0 Å². The first-order valence-corrected chi connectivity index (χ1v) is 5.67. The number of anilines is 2. The monoisotopic (exact) mass is 213 g/mol. The van der Waals surface area contributed by atoms with E-state index in [1.54, 1.807) is 6.20 Å². The van der Waals surface area contributed by atoms with Gasteiger partial charge in [-0.25, -0.2) is 10.8 Å². The van der Waals surface area contributed by atoms with Crippen LogP contribution in [0.15, 0.2) is 12.3 Å². The van der Waals surface area contributed by atoms with E-state index in [2.05, 4.69) is 26.5 Å². The van der Waals surface area contributed by atoms with E-state index in [-0.39, 0.29) is 0 Å². The minimum absolute atomic E-state index is 0.443. The Morgan fingerprint density at radius 1 is 1.64 bits per heavy atom. The number of hydrazine groups is 1. The van der Waals surface area contributed by atoms with Crippen molar-refractivity contribution >= 4 is 23.5 Å². The molecule has 0 amide bonds. The number of nitrogens with zero attached hydrogens (tertiary/aromatic N) is 3. The van der Waals surface area contributed by atoms with Crippen LogP contribution in [0.3, 0.4) is 0 Å². The van der Waals surface area contributed by atoms with E-state index in [0.717, 1.165) is 18.1 Å².